The number of aryl methyl sites for hydroxylation is 1. The molecule has 1 saturated heterocycles. The van der Waals surface area contributed by atoms with E-state index in [-0.39, 0.29) is 16.8 Å². The van der Waals surface area contributed by atoms with E-state index in [4.69, 9.17) is 9.47 Å². The van der Waals surface area contributed by atoms with Crippen molar-refractivity contribution in [3.8, 4) is 0 Å². The van der Waals surface area contributed by atoms with Crippen LogP contribution >= 0.6 is 0 Å². The molecule has 26 heavy (non-hydrogen) atoms. The molecule has 1 N–H and O–H groups in total. The average molecular weight is 365 g/mol. The normalized spacial score (nSPS) is 15.8. The Morgan fingerprint density at radius 2 is 1.62 bits per heavy atom. The maximum Gasteiger partial charge on any atom is 0.350 e. The quantitative estimate of drug-likeness (QED) is 0.278. The summed E-state index contributed by atoms with van der Waals surface area (Å²) in [5.74, 6) is -3.34. The number of anilines is 1. The van der Waals surface area contributed by atoms with Crippen molar-refractivity contribution < 1.29 is 28.9 Å². The summed E-state index contributed by atoms with van der Waals surface area (Å²) < 4.78 is 9.83. The Hall–Kier alpha value is -3.50. The van der Waals surface area contributed by atoms with Crippen LogP contribution in [0.2, 0.25) is 0 Å². The lowest BCUT2D eigenvalue weighted by atomic mass is 10.1. The van der Waals surface area contributed by atoms with Gasteiger partial charge in [0.1, 0.15) is 11.3 Å². The largest absolute Gasteiger partial charge is 0.419 e. The molecule has 11 heteroatoms. The van der Waals surface area contributed by atoms with Gasteiger partial charge in [-0.2, -0.15) is 0 Å². The van der Waals surface area contributed by atoms with Crippen LogP contribution in [-0.2, 0) is 19.1 Å². The van der Waals surface area contributed by atoms with Gasteiger partial charge in [0.2, 0.25) is 0 Å². The summed E-state index contributed by atoms with van der Waals surface area (Å²) in [6.45, 7) is 5.41. The second-order valence-corrected chi connectivity index (χ2v) is 5.96. The number of nitro groups is 2. The molecule has 11 nitrogen and oxygen atoms in total. The number of carbonyl (C=O) groups is 2. The smallest absolute Gasteiger partial charge is 0.350 e. The van der Waals surface area contributed by atoms with E-state index in [0.717, 1.165) is 12.3 Å². The third-order valence-electron chi connectivity index (χ3n) is 3.58. The van der Waals surface area contributed by atoms with Crippen molar-refractivity contribution in [2.24, 2.45) is 0 Å². The van der Waals surface area contributed by atoms with Crippen molar-refractivity contribution in [3.63, 3.8) is 0 Å². The van der Waals surface area contributed by atoms with E-state index in [2.05, 4.69) is 5.32 Å². The first-order valence-corrected chi connectivity index (χ1v) is 7.31. The number of nitro benzene ring substituents is 2. The summed E-state index contributed by atoms with van der Waals surface area (Å²) in [5.41, 5.74) is -1.51. The van der Waals surface area contributed by atoms with Crippen LogP contribution in [0.1, 0.15) is 25.0 Å². The molecular formula is C15H15N3O8. The number of esters is 2. The zero-order valence-corrected chi connectivity index (χ0v) is 14.3. The third-order valence-corrected chi connectivity index (χ3v) is 3.58. The summed E-state index contributed by atoms with van der Waals surface area (Å²) in [4.78, 5) is 44.7. The molecule has 0 spiro atoms. The van der Waals surface area contributed by atoms with Gasteiger partial charge in [0, 0.05) is 26.1 Å². The maximum absolute atomic E-state index is 11.9. The highest BCUT2D eigenvalue weighted by molar-refractivity contribution is 6.15. The summed E-state index contributed by atoms with van der Waals surface area (Å²) in [5, 5.41) is 24.9. The molecule has 0 amide bonds. The molecule has 1 aromatic carbocycles. The molecule has 1 heterocycles. The maximum atomic E-state index is 11.9. The highest BCUT2D eigenvalue weighted by atomic mass is 16.7. The molecule has 138 valence electrons. The number of nitrogens with one attached hydrogen (secondary N) is 1. The van der Waals surface area contributed by atoms with E-state index >= 15 is 0 Å². The first kappa shape index (κ1) is 18.8. The van der Waals surface area contributed by atoms with Gasteiger partial charge in [0.25, 0.3) is 11.5 Å². The zero-order chi connectivity index (χ0) is 19.8. The van der Waals surface area contributed by atoms with E-state index in [1.807, 2.05) is 0 Å². The number of carbonyl (C=O) groups excluding carboxylic acids is 2. The van der Waals surface area contributed by atoms with Crippen LogP contribution in [0.25, 0.3) is 0 Å². The van der Waals surface area contributed by atoms with Crippen molar-refractivity contribution >= 4 is 29.0 Å². The Bertz CT molecular complexity index is 850. The van der Waals surface area contributed by atoms with Crippen LogP contribution in [0.15, 0.2) is 17.8 Å². The fourth-order valence-electron chi connectivity index (χ4n) is 2.40. The van der Waals surface area contributed by atoms with Crippen LogP contribution < -0.4 is 5.32 Å². The SMILES string of the molecule is Cc1cc([N+](=O)[O-])c(C)c([N+](=O)[O-])c1NC=C1C(=O)OC(C)(C)OC1=O. The van der Waals surface area contributed by atoms with Crippen molar-refractivity contribution in [1.82, 2.24) is 0 Å². The fourth-order valence-corrected chi connectivity index (χ4v) is 2.40. The van der Waals surface area contributed by atoms with Crippen LogP contribution in [-0.4, -0.2) is 27.6 Å². The summed E-state index contributed by atoms with van der Waals surface area (Å²) >= 11 is 0. The Morgan fingerprint density at radius 3 is 2.08 bits per heavy atom. The molecular weight excluding hydrogens is 350 g/mol. The van der Waals surface area contributed by atoms with Gasteiger partial charge < -0.3 is 14.8 Å². The molecule has 0 aliphatic carbocycles. The van der Waals surface area contributed by atoms with Crippen molar-refractivity contribution in [1.29, 1.82) is 0 Å². The molecule has 0 saturated carbocycles. The van der Waals surface area contributed by atoms with E-state index in [1.165, 1.54) is 27.7 Å². The van der Waals surface area contributed by atoms with Gasteiger partial charge in [-0.3, -0.25) is 20.2 Å². The lowest BCUT2D eigenvalue weighted by Gasteiger charge is -2.29. The number of ether oxygens (including phenoxy) is 2. The molecule has 2 rings (SSSR count). The van der Waals surface area contributed by atoms with Gasteiger partial charge in [-0.1, -0.05) is 0 Å². The first-order chi connectivity index (χ1) is 11.9. The topological polar surface area (TPSA) is 151 Å². The Balaban J connectivity index is 2.49. The molecule has 1 aliphatic heterocycles. The standard InChI is InChI=1S/C15H15N3O8/c1-7-5-10(17(21)22)8(2)12(18(23)24)11(7)16-6-9-13(19)25-15(3,4)26-14(9)20/h5-6,16H,1-4H3. The summed E-state index contributed by atoms with van der Waals surface area (Å²) in [6.07, 6.45) is 0.917. The number of rotatable bonds is 4. The van der Waals surface area contributed by atoms with Crippen LogP contribution in [0.3, 0.4) is 0 Å². The van der Waals surface area contributed by atoms with Gasteiger partial charge >= 0.3 is 17.6 Å². The minimum Gasteiger partial charge on any atom is -0.419 e. The van der Waals surface area contributed by atoms with Crippen LogP contribution in [0, 0.1) is 34.1 Å². The number of benzene rings is 1. The Morgan fingerprint density at radius 1 is 1.08 bits per heavy atom. The van der Waals surface area contributed by atoms with Crippen molar-refractivity contribution in [2.45, 2.75) is 33.5 Å². The number of cyclic esters (lactones) is 2. The summed E-state index contributed by atoms with van der Waals surface area (Å²) in [7, 11) is 0. The monoisotopic (exact) mass is 365 g/mol. The Labute approximate surface area is 146 Å². The highest BCUT2D eigenvalue weighted by Crippen LogP contribution is 2.38. The van der Waals surface area contributed by atoms with E-state index < -0.39 is 44.5 Å². The Kier molecular flexibility index (Phi) is 4.65. The minimum absolute atomic E-state index is 0.0870. The second-order valence-electron chi connectivity index (χ2n) is 5.96. The molecule has 0 atom stereocenters. The predicted molar refractivity (Wildman–Crippen MR) is 87.2 cm³/mol. The molecule has 1 fully saturated rings. The van der Waals surface area contributed by atoms with E-state index in [9.17, 15) is 29.8 Å². The molecule has 0 bridgehead atoms. The molecule has 0 unspecified atom stereocenters. The van der Waals surface area contributed by atoms with E-state index in [0.29, 0.717) is 0 Å². The minimum atomic E-state index is -1.42. The fraction of sp³-hybridized carbons (Fsp3) is 0.333. The van der Waals surface area contributed by atoms with Crippen LogP contribution in [0.4, 0.5) is 17.1 Å². The second kappa shape index (κ2) is 6.43. The summed E-state index contributed by atoms with van der Waals surface area (Å²) in [6, 6.07) is 1.16. The van der Waals surface area contributed by atoms with E-state index in [1.54, 1.807) is 0 Å². The van der Waals surface area contributed by atoms with Crippen molar-refractivity contribution in [3.05, 3.63) is 49.2 Å². The highest BCUT2D eigenvalue weighted by Gasteiger charge is 2.39. The zero-order valence-electron chi connectivity index (χ0n) is 14.3. The third kappa shape index (κ3) is 3.45. The number of hydrogen-bond donors (Lipinski definition) is 1. The lowest BCUT2D eigenvalue weighted by molar-refractivity contribution is -0.394. The lowest BCUT2D eigenvalue weighted by Crippen LogP contribution is -2.42. The predicted octanol–water partition coefficient (Wildman–Crippen LogP) is 2.25. The van der Waals surface area contributed by atoms with Crippen molar-refractivity contribution in [2.75, 3.05) is 5.32 Å². The number of hydrogen-bond acceptors (Lipinski definition) is 9. The molecule has 0 radical (unpaired) electrons. The first-order valence-electron chi connectivity index (χ1n) is 7.31. The van der Waals surface area contributed by atoms with Gasteiger partial charge in [0.15, 0.2) is 5.57 Å². The van der Waals surface area contributed by atoms with Gasteiger partial charge in [0.05, 0.1) is 9.85 Å². The van der Waals surface area contributed by atoms with Gasteiger partial charge in [-0.25, -0.2) is 9.59 Å². The van der Waals surface area contributed by atoms with Gasteiger partial charge in [-0.05, 0) is 19.4 Å². The van der Waals surface area contributed by atoms with Gasteiger partial charge in [-0.15, -0.1) is 0 Å². The molecule has 0 aromatic heterocycles. The average Bonchev–Trinajstić information content (AvgIpc) is 2.47. The molecule has 1 aliphatic rings. The number of nitrogens with zero attached hydrogens (tertiary/aromatic N) is 2. The van der Waals surface area contributed by atoms with Crippen LogP contribution in [0.5, 0.6) is 0 Å². The molecule has 1 aromatic rings.